The summed E-state index contributed by atoms with van der Waals surface area (Å²) >= 11 is 0. The van der Waals surface area contributed by atoms with Gasteiger partial charge >= 0.3 is 0 Å². The molecule has 2 aromatic carbocycles. The molecule has 0 spiro atoms. The summed E-state index contributed by atoms with van der Waals surface area (Å²) in [4.78, 5) is 39.0. The van der Waals surface area contributed by atoms with E-state index in [0.717, 1.165) is 11.1 Å². The number of carbonyl (C=O) groups excluding carboxylic acids is 3. The van der Waals surface area contributed by atoms with Gasteiger partial charge in [-0.05, 0) is 50.3 Å². The van der Waals surface area contributed by atoms with E-state index >= 15 is 0 Å². The van der Waals surface area contributed by atoms with Crippen molar-refractivity contribution < 1.29 is 37.7 Å². The molecule has 12 nitrogen and oxygen atoms in total. The van der Waals surface area contributed by atoms with Crippen molar-refractivity contribution in [1.82, 2.24) is 10.9 Å². The summed E-state index contributed by atoms with van der Waals surface area (Å²) in [6, 6.07) is 14.0. The molecule has 0 aliphatic carbocycles. The van der Waals surface area contributed by atoms with E-state index in [-0.39, 0.29) is 23.7 Å². The van der Waals surface area contributed by atoms with Crippen molar-refractivity contribution in [2.75, 3.05) is 6.61 Å². The van der Waals surface area contributed by atoms with Gasteiger partial charge in [0, 0.05) is 6.61 Å². The van der Waals surface area contributed by atoms with E-state index in [2.05, 4.69) is 5.43 Å². The van der Waals surface area contributed by atoms with Gasteiger partial charge in [-0.15, -0.1) is 0 Å². The third-order valence-electron chi connectivity index (χ3n) is 6.64. The number of aryl methyl sites for hydroxylation is 1. The van der Waals surface area contributed by atoms with Crippen molar-refractivity contribution in [3.63, 3.8) is 0 Å². The van der Waals surface area contributed by atoms with Crippen molar-refractivity contribution in [2.45, 2.75) is 51.5 Å². The van der Waals surface area contributed by atoms with Gasteiger partial charge in [-0.25, -0.2) is 11.3 Å². The lowest BCUT2D eigenvalue weighted by Crippen LogP contribution is -2.56. The quantitative estimate of drug-likeness (QED) is 0.0577. The highest BCUT2D eigenvalue weighted by atomic mass is 32.2. The molecule has 4 atom stereocenters. The fraction of sp³-hybridized carbons (Fsp3) is 0.414. The zero-order chi connectivity index (χ0) is 32.1. The first-order chi connectivity index (χ1) is 19.6. The molecule has 0 heterocycles. The standard InChI is InChI=1S/C22H34N4O5.C7H8O3S/c1-14(2)13-17(20(29)25-24)18(21(30)26-31)22(11-12-27,19(28)15(3)23)10-9-16-7-5-4-6-8-16;1-6-2-4-7(5-3-6)11(8,9)10/h4-10,14-15,17-18,27,31H,11-13,23-24H2,1-3H3,(H,25,29)(H,26,30);2-5H,1H3,(H,8,9,10)/b10-9+;/t15-,17-,18-,22?;/m1./s1. The van der Waals surface area contributed by atoms with E-state index < -0.39 is 57.6 Å². The molecule has 0 radical (unpaired) electrons. The highest BCUT2D eigenvalue weighted by molar-refractivity contribution is 7.85. The average Bonchev–Trinajstić information content (AvgIpc) is 2.94. The molecule has 2 amide bonds. The number of nitrogens with one attached hydrogen (secondary N) is 2. The van der Waals surface area contributed by atoms with Crippen LogP contribution in [-0.2, 0) is 24.5 Å². The molecule has 9 N–H and O–H groups in total. The molecule has 0 fully saturated rings. The zero-order valence-corrected chi connectivity index (χ0v) is 25.0. The highest BCUT2D eigenvalue weighted by Gasteiger charge is 2.52. The van der Waals surface area contributed by atoms with Gasteiger partial charge in [-0.1, -0.05) is 74.0 Å². The smallest absolute Gasteiger partial charge is 0.294 e. The maximum absolute atomic E-state index is 13.4. The Morgan fingerprint density at radius 2 is 1.57 bits per heavy atom. The van der Waals surface area contributed by atoms with Gasteiger partial charge < -0.3 is 10.8 Å². The molecule has 0 aliphatic heterocycles. The van der Waals surface area contributed by atoms with Crippen molar-refractivity contribution in [3.05, 3.63) is 71.8 Å². The zero-order valence-electron chi connectivity index (χ0n) is 24.2. The second-order valence-electron chi connectivity index (χ2n) is 10.4. The Morgan fingerprint density at radius 1 is 1.00 bits per heavy atom. The number of hydrogen-bond donors (Lipinski definition) is 7. The molecular weight excluding hydrogens is 564 g/mol. The van der Waals surface area contributed by atoms with E-state index in [0.29, 0.717) is 0 Å². The van der Waals surface area contributed by atoms with Gasteiger partial charge in [-0.3, -0.25) is 29.6 Å². The molecule has 0 aromatic heterocycles. The Bertz CT molecular complexity index is 1300. The van der Waals surface area contributed by atoms with Gasteiger partial charge in [0.05, 0.1) is 28.2 Å². The van der Waals surface area contributed by atoms with E-state index in [9.17, 15) is 33.1 Å². The molecule has 42 heavy (non-hydrogen) atoms. The maximum atomic E-state index is 13.4. The lowest BCUT2D eigenvalue weighted by Gasteiger charge is -2.40. The Labute approximate surface area is 246 Å². The Morgan fingerprint density at radius 3 is 2.00 bits per heavy atom. The van der Waals surface area contributed by atoms with Gasteiger partial charge in [0.2, 0.25) is 11.8 Å². The number of Topliss-reactive ketones (excluding diaryl/α,β-unsaturated/α-hetero) is 1. The van der Waals surface area contributed by atoms with E-state index in [1.807, 2.05) is 39.0 Å². The number of rotatable bonds is 13. The predicted molar refractivity (Wildman–Crippen MR) is 158 cm³/mol. The highest BCUT2D eigenvalue weighted by Crippen LogP contribution is 2.43. The van der Waals surface area contributed by atoms with Crippen molar-refractivity contribution in [2.24, 2.45) is 34.7 Å². The lowest BCUT2D eigenvalue weighted by molar-refractivity contribution is -0.151. The van der Waals surface area contributed by atoms with Gasteiger partial charge in [0.1, 0.15) is 0 Å². The number of benzene rings is 2. The third kappa shape index (κ3) is 10.4. The predicted octanol–water partition coefficient (Wildman–Crippen LogP) is 2.00. The Hall–Kier alpha value is -3.46. The monoisotopic (exact) mass is 606 g/mol. The summed E-state index contributed by atoms with van der Waals surface area (Å²) in [7, 11) is -4.02. The minimum absolute atomic E-state index is 0.0355. The Kier molecular flexibility index (Phi) is 14.7. The first-order valence-corrected chi connectivity index (χ1v) is 14.7. The van der Waals surface area contributed by atoms with Crippen molar-refractivity contribution in [1.29, 1.82) is 0 Å². The minimum atomic E-state index is -4.02. The summed E-state index contributed by atoms with van der Waals surface area (Å²) in [5.41, 5.74) is 9.60. The number of hydrogen-bond acceptors (Lipinski definition) is 9. The first-order valence-electron chi connectivity index (χ1n) is 13.3. The third-order valence-corrected chi connectivity index (χ3v) is 7.51. The summed E-state index contributed by atoms with van der Waals surface area (Å²) in [5, 5.41) is 19.3. The number of amides is 2. The largest absolute Gasteiger partial charge is 0.396 e. The second-order valence-corrected chi connectivity index (χ2v) is 11.8. The van der Waals surface area contributed by atoms with Gasteiger partial charge in [-0.2, -0.15) is 8.42 Å². The molecule has 1 unspecified atom stereocenters. The van der Waals surface area contributed by atoms with E-state index in [1.54, 1.807) is 35.8 Å². The SMILES string of the molecule is CC(C)C[C@@H](C(=O)NN)[C@H](C(=O)NO)C(/C=C/c1ccccc1)(CCO)C(=O)[C@@H](C)N.Cc1ccc(S(=O)(=O)O)cc1. The molecule has 0 aliphatic rings. The van der Waals surface area contributed by atoms with Gasteiger partial charge in [0.15, 0.2) is 5.78 Å². The topological polar surface area (TPSA) is 222 Å². The fourth-order valence-corrected chi connectivity index (χ4v) is 5.16. The normalized spacial score (nSPS) is 15.1. The molecule has 2 aromatic rings. The number of hydroxylamine groups is 1. The van der Waals surface area contributed by atoms with Crippen LogP contribution in [0.4, 0.5) is 0 Å². The van der Waals surface area contributed by atoms with E-state index in [1.165, 1.54) is 25.1 Å². The summed E-state index contributed by atoms with van der Waals surface area (Å²) in [6.45, 7) is 6.57. The number of aliphatic hydroxyl groups is 1. The Balaban J connectivity index is 0.000000666. The van der Waals surface area contributed by atoms with Crippen LogP contribution < -0.4 is 22.5 Å². The van der Waals surface area contributed by atoms with Crippen molar-refractivity contribution in [3.8, 4) is 0 Å². The van der Waals surface area contributed by atoms with Crippen molar-refractivity contribution >= 4 is 33.8 Å². The number of aliphatic hydroxyl groups excluding tert-OH is 1. The number of nitrogens with two attached hydrogens (primary N) is 2. The second kappa shape index (κ2) is 16.9. The molecule has 2 rings (SSSR count). The van der Waals surface area contributed by atoms with Crippen LogP contribution in [0.3, 0.4) is 0 Å². The fourth-order valence-electron chi connectivity index (χ4n) is 4.68. The molecule has 0 saturated carbocycles. The first kappa shape index (κ1) is 36.6. The molecule has 0 saturated heterocycles. The number of hydrazine groups is 1. The molecule has 0 bridgehead atoms. The average molecular weight is 607 g/mol. The maximum Gasteiger partial charge on any atom is 0.294 e. The summed E-state index contributed by atoms with van der Waals surface area (Å²) < 4.78 is 29.6. The van der Waals surface area contributed by atoms with Crippen LogP contribution in [-0.4, -0.2) is 53.5 Å². The summed E-state index contributed by atoms with van der Waals surface area (Å²) in [6.07, 6.45) is 3.17. The van der Waals surface area contributed by atoms with Crippen LogP contribution in [0.5, 0.6) is 0 Å². The number of ketones is 1. The van der Waals surface area contributed by atoms with Crippen LogP contribution in [0.25, 0.3) is 6.08 Å². The molecule has 232 valence electrons. The lowest BCUT2D eigenvalue weighted by atomic mass is 9.61. The van der Waals surface area contributed by atoms with Gasteiger partial charge in [0.25, 0.3) is 10.1 Å². The van der Waals surface area contributed by atoms with Crippen LogP contribution in [0.15, 0.2) is 65.6 Å². The summed E-state index contributed by atoms with van der Waals surface area (Å²) in [5.74, 6) is 0.776. The van der Waals surface area contributed by atoms with Crippen LogP contribution in [0.1, 0.15) is 44.7 Å². The molecule has 13 heteroatoms. The van der Waals surface area contributed by atoms with E-state index in [4.69, 9.17) is 16.1 Å². The minimum Gasteiger partial charge on any atom is -0.396 e. The number of allylic oxidation sites excluding steroid dienone is 1. The number of carbonyl (C=O) groups is 3. The molecular formula is C29H42N4O8S. The van der Waals surface area contributed by atoms with Crippen LogP contribution in [0, 0.1) is 30.1 Å². The van der Waals surface area contributed by atoms with Crippen LogP contribution >= 0.6 is 0 Å². The van der Waals surface area contributed by atoms with Crippen LogP contribution in [0.2, 0.25) is 0 Å².